The van der Waals surface area contributed by atoms with Crippen LogP contribution in [0.5, 0.6) is 11.8 Å². The van der Waals surface area contributed by atoms with Gasteiger partial charge in [0.25, 0.3) is 0 Å². The third kappa shape index (κ3) is 2.98. The molecule has 0 spiro atoms. The van der Waals surface area contributed by atoms with Crippen LogP contribution in [-0.2, 0) is 0 Å². The number of nitrogen functional groups attached to an aromatic ring is 1. The molecule has 110 valence electrons. The van der Waals surface area contributed by atoms with Gasteiger partial charge in [0.15, 0.2) is 11.6 Å². The Morgan fingerprint density at radius 2 is 1.59 bits per heavy atom. The van der Waals surface area contributed by atoms with Crippen LogP contribution in [-0.4, -0.2) is 15.0 Å². The Kier molecular flexibility index (Phi) is 3.61. The van der Waals surface area contributed by atoms with E-state index in [9.17, 15) is 8.78 Å². The second kappa shape index (κ2) is 5.72. The number of anilines is 1. The molecule has 0 atom stereocenters. The summed E-state index contributed by atoms with van der Waals surface area (Å²) in [6, 6.07) is 6.24. The highest BCUT2D eigenvalue weighted by molar-refractivity contribution is 5.61. The zero-order valence-electron chi connectivity index (χ0n) is 11.2. The summed E-state index contributed by atoms with van der Waals surface area (Å²) in [7, 11) is 0. The van der Waals surface area contributed by atoms with Gasteiger partial charge in [0.2, 0.25) is 0 Å². The third-order valence-corrected chi connectivity index (χ3v) is 2.84. The van der Waals surface area contributed by atoms with Crippen molar-refractivity contribution in [3.8, 4) is 22.9 Å². The van der Waals surface area contributed by atoms with Crippen molar-refractivity contribution in [3.05, 3.63) is 60.6 Å². The molecule has 0 saturated heterocycles. The first kappa shape index (κ1) is 13.9. The maximum absolute atomic E-state index is 13.5. The second-order valence-corrected chi connectivity index (χ2v) is 4.40. The molecular formula is C15H10F2N4O. The van der Waals surface area contributed by atoms with Crippen molar-refractivity contribution in [2.45, 2.75) is 0 Å². The lowest BCUT2D eigenvalue weighted by atomic mass is 10.1. The minimum atomic E-state index is -0.697. The lowest BCUT2D eigenvalue weighted by Crippen LogP contribution is -1.95. The minimum Gasteiger partial charge on any atom is -0.421 e. The smallest absolute Gasteiger partial charge is 0.322 e. The molecule has 0 fully saturated rings. The molecule has 0 saturated carbocycles. The summed E-state index contributed by atoms with van der Waals surface area (Å²) in [4.78, 5) is 11.9. The highest BCUT2D eigenvalue weighted by Gasteiger charge is 2.08. The molecule has 5 nitrogen and oxygen atoms in total. The van der Waals surface area contributed by atoms with Gasteiger partial charge in [-0.1, -0.05) is 0 Å². The van der Waals surface area contributed by atoms with Gasteiger partial charge in [0, 0.05) is 35.8 Å². The first-order valence-electron chi connectivity index (χ1n) is 6.29. The van der Waals surface area contributed by atoms with Crippen molar-refractivity contribution >= 4 is 5.82 Å². The summed E-state index contributed by atoms with van der Waals surface area (Å²) in [6.07, 6.45) is 4.57. The van der Waals surface area contributed by atoms with Crippen molar-refractivity contribution in [2.75, 3.05) is 5.73 Å². The molecule has 0 unspecified atom stereocenters. The quantitative estimate of drug-likeness (QED) is 0.804. The number of benzene rings is 1. The molecule has 2 heterocycles. The Morgan fingerprint density at radius 1 is 0.864 bits per heavy atom. The largest absolute Gasteiger partial charge is 0.421 e. The number of nitrogens with zero attached hydrogens (tertiary/aromatic N) is 3. The number of aromatic nitrogens is 3. The summed E-state index contributed by atoms with van der Waals surface area (Å²) in [5, 5.41) is 0. The zero-order valence-corrected chi connectivity index (χ0v) is 11.2. The molecule has 2 N–H and O–H groups in total. The van der Waals surface area contributed by atoms with E-state index >= 15 is 0 Å². The summed E-state index contributed by atoms with van der Waals surface area (Å²) in [5.41, 5.74) is 6.98. The Balaban J connectivity index is 1.82. The number of pyridine rings is 1. The van der Waals surface area contributed by atoms with Crippen molar-refractivity contribution in [3.63, 3.8) is 0 Å². The molecule has 0 radical (unpaired) electrons. The van der Waals surface area contributed by atoms with Gasteiger partial charge in [-0.3, -0.25) is 0 Å². The molecular weight excluding hydrogens is 290 g/mol. The SMILES string of the molecule is Nc1ccc(-c2cnc(Oc3cc(F)ccc3F)nc2)cn1. The minimum absolute atomic E-state index is 0.0864. The van der Waals surface area contributed by atoms with Crippen molar-refractivity contribution in [1.29, 1.82) is 0 Å². The van der Waals surface area contributed by atoms with Crippen LogP contribution >= 0.6 is 0 Å². The van der Waals surface area contributed by atoms with Gasteiger partial charge in [-0.2, -0.15) is 0 Å². The van der Waals surface area contributed by atoms with Crippen molar-refractivity contribution < 1.29 is 13.5 Å². The Bertz CT molecular complexity index is 792. The van der Waals surface area contributed by atoms with Crippen molar-refractivity contribution in [1.82, 2.24) is 15.0 Å². The monoisotopic (exact) mass is 300 g/mol. The molecule has 0 bridgehead atoms. The van der Waals surface area contributed by atoms with Crippen LogP contribution in [0.15, 0.2) is 48.9 Å². The average molecular weight is 300 g/mol. The molecule has 22 heavy (non-hydrogen) atoms. The molecule has 7 heteroatoms. The predicted octanol–water partition coefficient (Wildman–Crippen LogP) is 3.19. The molecule has 0 aliphatic carbocycles. The van der Waals surface area contributed by atoms with E-state index in [2.05, 4.69) is 15.0 Å². The van der Waals surface area contributed by atoms with E-state index < -0.39 is 11.6 Å². The third-order valence-electron chi connectivity index (χ3n) is 2.84. The van der Waals surface area contributed by atoms with Gasteiger partial charge in [-0.15, -0.1) is 0 Å². The van der Waals surface area contributed by atoms with E-state index in [1.165, 1.54) is 12.4 Å². The first-order valence-corrected chi connectivity index (χ1v) is 6.29. The molecule has 0 aliphatic heterocycles. The fourth-order valence-electron chi connectivity index (χ4n) is 1.75. The maximum atomic E-state index is 13.5. The fourth-order valence-corrected chi connectivity index (χ4v) is 1.75. The molecule has 3 aromatic rings. The van der Waals surface area contributed by atoms with Gasteiger partial charge < -0.3 is 10.5 Å². The summed E-state index contributed by atoms with van der Waals surface area (Å²) < 4.78 is 31.7. The van der Waals surface area contributed by atoms with Gasteiger partial charge >= 0.3 is 6.01 Å². The zero-order chi connectivity index (χ0) is 15.5. The van der Waals surface area contributed by atoms with E-state index in [1.54, 1.807) is 18.3 Å². The van der Waals surface area contributed by atoms with E-state index in [0.717, 1.165) is 23.8 Å². The number of hydrogen-bond acceptors (Lipinski definition) is 5. The van der Waals surface area contributed by atoms with Crippen LogP contribution in [0.4, 0.5) is 14.6 Å². The second-order valence-electron chi connectivity index (χ2n) is 4.40. The van der Waals surface area contributed by atoms with Gasteiger partial charge in [-0.25, -0.2) is 23.7 Å². The maximum Gasteiger partial charge on any atom is 0.322 e. The van der Waals surface area contributed by atoms with Crippen LogP contribution in [0.1, 0.15) is 0 Å². The normalized spacial score (nSPS) is 10.5. The topological polar surface area (TPSA) is 73.9 Å². The summed E-state index contributed by atoms with van der Waals surface area (Å²) in [5.74, 6) is -1.18. The van der Waals surface area contributed by atoms with Crippen LogP contribution in [0.25, 0.3) is 11.1 Å². The molecule has 1 aromatic carbocycles. The summed E-state index contributed by atoms with van der Waals surface area (Å²) in [6.45, 7) is 0. The fraction of sp³-hybridized carbons (Fsp3) is 0. The van der Waals surface area contributed by atoms with Gasteiger partial charge in [0.1, 0.15) is 11.6 Å². The van der Waals surface area contributed by atoms with Gasteiger partial charge in [-0.05, 0) is 24.3 Å². The molecule has 0 aliphatic rings. The Morgan fingerprint density at radius 3 is 2.27 bits per heavy atom. The Labute approximate surface area is 124 Å². The highest BCUT2D eigenvalue weighted by atomic mass is 19.1. The predicted molar refractivity (Wildman–Crippen MR) is 76.1 cm³/mol. The first-order chi connectivity index (χ1) is 10.6. The van der Waals surface area contributed by atoms with E-state index in [-0.39, 0.29) is 11.8 Å². The Hall–Kier alpha value is -3.09. The number of halogens is 2. The standard InChI is InChI=1S/C15H10F2N4O/c16-11-2-3-12(17)13(5-11)22-15-20-7-10(8-21-15)9-1-4-14(18)19-6-9/h1-8H,(H2,18,19). The van der Waals surface area contributed by atoms with E-state index in [0.29, 0.717) is 11.4 Å². The summed E-state index contributed by atoms with van der Waals surface area (Å²) >= 11 is 0. The number of rotatable bonds is 3. The van der Waals surface area contributed by atoms with Crippen LogP contribution in [0.2, 0.25) is 0 Å². The van der Waals surface area contributed by atoms with Crippen LogP contribution in [0, 0.1) is 11.6 Å². The lowest BCUT2D eigenvalue weighted by molar-refractivity contribution is 0.407. The van der Waals surface area contributed by atoms with Crippen LogP contribution < -0.4 is 10.5 Å². The van der Waals surface area contributed by atoms with Crippen molar-refractivity contribution in [2.24, 2.45) is 0 Å². The lowest BCUT2D eigenvalue weighted by Gasteiger charge is -2.06. The molecule has 3 rings (SSSR count). The number of ether oxygens (including phenoxy) is 1. The molecule has 2 aromatic heterocycles. The highest BCUT2D eigenvalue weighted by Crippen LogP contribution is 2.24. The number of nitrogens with two attached hydrogens (primary N) is 1. The number of hydrogen-bond donors (Lipinski definition) is 1. The van der Waals surface area contributed by atoms with E-state index in [4.69, 9.17) is 10.5 Å². The molecule has 0 amide bonds. The van der Waals surface area contributed by atoms with Crippen LogP contribution in [0.3, 0.4) is 0 Å². The van der Waals surface area contributed by atoms with E-state index in [1.807, 2.05) is 0 Å². The van der Waals surface area contributed by atoms with Gasteiger partial charge in [0.05, 0.1) is 0 Å². The average Bonchev–Trinajstić information content (AvgIpc) is 2.53.